The Kier molecular flexibility index (Phi) is 8.16. The molecule has 3 aromatic carbocycles. The standard InChI is InChI=1S/C27H24Cl2N2O4S/c1-19-7-12-23(13-8-19)36(32,33)31(17-20-9-14-24(28)25(29)15-20)18-22-11-10-21(35-22)16-30-26-5-3-4-6-27(26)34-2/h3-16H,17-18H2,1-2H3. The average molecular weight is 543 g/mol. The number of hydrogen-bond acceptors (Lipinski definition) is 5. The van der Waals surface area contributed by atoms with Gasteiger partial charge in [-0.3, -0.25) is 0 Å². The van der Waals surface area contributed by atoms with Crippen LogP contribution in [0.3, 0.4) is 0 Å². The zero-order valence-electron chi connectivity index (χ0n) is 19.7. The Labute approximate surface area is 220 Å². The lowest BCUT2D eigenvalue weighted by Crippen LogP contribution is -2.30. The highest BCUT2D eigenvalue weighted by Crippen LogP contribution is 2.28. The van der Waals surface area contributed by atoms with E-state index in [4.69, 9.17) is 32.4 Å². The molecule has 0 aliphatic rings. The summed E-state index contributed by atoms with van der Waals surface area (Å²) >= 11 is 12.2. The largest absolute Gasteiger partial charge is 0.494 e. The molecule has 0 atom stereocenters. The summed E-state index contributed by atoms with van der Waals surface area (Å²) in [6.45, 7) is 2.00. The maximum atomic E-state index is 13.6. The van der Waals surface area contributed by atoms with Gasteiger partial charge < -0.3 is 9.15 Å². The quantitative estimate of drug-likeness (QED) is 0.212. The van der Waals surface area contributed by atoms with E-state index in [1.54, 1.807) is 67.9 Å². The fraction of sp³-hybridized carbons (Fsp3) is 0.148. The summed E-state index contributed by atoms with van der Waals surface area (Å²) in [5, 5.41) is 0.757. The molecule has 36 heavy (non-hydrogen) atoms. The summed E-state index contributed by atoms with van der Waals surface area (Å²) in [5.74, 6) is 1.59. The zero-order chi connectivity index (χ0) is 25.7. The van der Waals surface area contributed by atoms with Crippen molar-refractivity contribution in [2.75, 3.05) is 7.11 Å². The molecule has 0 radical (unpaired) electrons. The number of methoxy groups -OCH3 is 1. The van der Waals surface area contributed by atoms with Crippen LogP contribution in [0.2, 0.25) is 10.0 Å². The van der Waals surface area contributed by atoms with Crippen LogP contribution >= 0.6 is 23.2 Å². The normalized spacial score (nSPS) is 11.9. The number of nitrogens with zero attached hydrogens (tertiary/aromatic N) is 2. The molecule has 1 heterocycles. The fourth-order valence-electron chi connectivity index (χ4n) is 3.52. The summed E-state index contributed by atoms with van der Waals surface area (Å²) in [7, 11) is -2.27. The van der Waals surface area contributed by atoms with Crippen LogP contribution in [0.15, 0.2) is 93.2 Å². The molecule has 0 amide bonds. The van der Waals surface area contributed by atoms with Crippen molar-refractivity contribution in [1.29, 1.82) is 0 Å². The van der Waals surface area contributed by atoms with E-state index in [9.17, 15) is 8.42 Å². The van der Waals surface area contributed by atoms with E-state index in [2.05, 4.69) is 4.99 Å². The number of aliphatic imine (C=N–C) groups is 1. The highest BCUT2D eigenvalue weighted by molar-refractivity contribution is 7.89. The lowest BCUT2D eigenvalue weighted by molar-refractivity contribution is 0.357. The van der Waals surface area contributed by atoms with Gasteiger partial charge >= 0.3 is 0 Å². The molecule has 6 nitrogen and oxygen atoms in total. The molecular formula is C27H24Cl2N2O4S. The van der Waals surface area contributed by atoms with Crippen molar-refractivity contribution in [3.05, 3.63) is 112 Å². The first-order chi connectivity index (χ1) is 17.3. The van der Waals surface area contributed by atoms with Crippen LogP contribution in [0, 0.1) is 6.92 Å². The molecule has 1 aromatic heterocycles. The van der Waals surface area contributed by atoms with Gasteiger partial charge in [-0.2, -0.15) is 4.31 Å². The van der Waals surface area contributed by atoms with E-state index in [0.717, 1.165) is 5.56 Å². The van der Waals surface area contributed by atoms with E-state index >= 15 is 0 Å². The summed E-state index contributed by atoms with van der Waals surface area (Å²) in [5.41, 5.74) is 2.32. The number of hydrogen-bond donors (Lipinski definition) is 0. The molecule has 0 fully saturated rings. The molecule has 4 aromatic rings. The Bertz CT molecular complexity index is 1480. The maximum absolute atomic E-state index is 13.6. The molecule has 0 unspecified atom stereocenters. The Morgan fingerprint density at radius 1 is 0.944 bits per heavy atom. The number of benzene rings is 3. The van der Waals surface area contributed by atoms with Crippen LogP contribution in [0.25, 0.3) is 0 Å². The molecule has 186 valence electrons. The number of aryl methyl sites for hydroxylation is 1. The van der Waals surface area contributed by atoms with Crippen molar-refractivity contribution < 1.29 is 17.6 Å². The molecule has 0 saturated heterocycles. The Morgan fingerprint density at radius 2 is 1.69 bits per heavy atom. The monoisotopic (exact) mass is 542 g/mol. The van der Waals surface area contributed by atoms with Gasteiger partial charge in [0.15, 0.2) is 0 Å². The van der Waals surface area contributed by atoms with Gasteiger partial charge in [0.1, 0.15) is 23.0 Å². The molecule has 0 saturated carbocycles. The van der Waals surface area contributed by atoms with Crippen LogP contribution < -0.4 is 4.74 Å². The highest BCUT2D eigenvalue weighted by atomic mass is 35.5. The minimum Gasteiger partial charge on any atom is -0.494 e. The van der Waals surface area contributed by atoms with E-state index in [1.807, 2.05) is 31.2 Å². The van der Waals surface area contributed by atoms with Gasteiger partial charge in [-0.05, 0) is 61.0 Å². The molecule has 0 spiro atoms. The summed E-state index contributed by atoms with van der Waals surface area (Å²) in [6, 6.07) is 22.6. The van der Waals surface area contributed by atoms with Gasteiger partial charge in [-0.1, -0.05) is 59.1 Å². The summed E-state index contributed by atoms with van der Waals surface area (Å²) in [6.07, 6.45) is 1.57. The lowest BCUT2D eigenvalue weighted by Gasteiger charge is -2.22. The minimum atomic E-state index is -3.85. The van der Waals surface area contributed by atoms with E-state index in [-0.39, 0.29) is 18.0 Å². The number of halogens is 2. The number of furan rings is 1. The molecule has 4 rings (SSSR count). The molecule has 9 heteroatoms. The minimum absolute atomic E-state index is 0.0129. The molecule has 0 aliphatic carbocycles. The van der Waals surface area contributed by atoms with Gasteiger partial charge in [0.25, 0.3) is 0 Å². The number of para-hydroxylation sites is 2. The molecule has 0 aliphatic heterocycles. The van der Waals surface area contributed by atoms with Gasteiger partial charge in [-0.25, -0.2) is 13.4 Å². The predicted molar refractivity (Wildman–Crippen MR) is 143 cm³/mol. The van der Waals surface area contributed by atoms with Crippen molar-refractivity contribution >= 4 is 45.1 Å². The van der Waals surface area contributed by atoms with Crippen LogP contribution in [0.5, 0.6) is 5.75 Å². The lowest BCUT2D eigenvalue weighted by atomic mass is 10.2. The molecular weight excluding hydrogens is 519 g/mol. The van der Waals surface area contributed by atoms with Crippen LogP contribution in [-0.4, -0.2) is 26.0 Å². The first kappa shape index (κ1) is 26.0. The van der Waals surface area contributed by atoms with Crippen molar-refractivity contribution in [3.8, 4) is 5.75 Å². The van der Waals surface area contributed by atoms with Crippen LogP contribution in [-0.2, 0) is 23.1 Å². The number of sulfonamides is 1. The predicted octanol–water partition coefficient (Wildman–Crippen LogP) is 7.05. The number of ether oxygens (including phenoxy) is 1. The summed E-state index contributed by atoms with van der Waals surface area (Å²) in [4.78, 5) is 4.62. The smallest absolute Gasteiger partial charge is 0.243 e. The molecule has 0 N–H and O–H groups in total. The third-order valence-electron chi connectivity index (χ3n) is 5.43. The zero-order valence-corrected chi connectivity index (χ0v) is 22.0. The Morgan fingerprint density at radius 3 is 2.42 bits per heavy atom. The first-order valence-corrected chi connectivity index (χ1v) is 13.2. The van der Waals surface area contributed by atoms with Gasteiger partial charge in [0.05, 0.1) is 34.8 Å². The van der Waals surface area contributed by atoms with E-state index in [0.29, 0.717) is 38.6 Å². The maximum Gasteiger partial charge on any atom is 0.243 e. The van der Waals surface area contributed by atoms with E-state index < -0.39 is 10.0 Å². The third-order valence-corrected chi connectivity index (χ3v) is 7.98. The van der Waals surface area contributed by atoms with Crippen molar-refractivity contribution in [1.82, 2.24) is 4.31 Å². The second-order valence-corrected chi connectivity index (χ2v) is 10.8. The third kappa shape index (κ3) is 6.17. The fourth-order valence-corrected chi connectivity index (χ4v) is 5.23. The second-order valence-electron chi connectivity index (χ2n) is 8.07. The van der Waals surface area contributed by atoms with E-state index in [1.165, 1.54) is 4.31 Å². The SMILES string of the molecule is COc1ccccc1N=Cc1ccc(CN(Cc2ccc(Cl)c(Cl)c2)S(=O)(=O)c2ccc(C)cc2)o1. The Hall–Kier alpha value is -3.10. The van der Waals surface area contributed by atoms with Crippen molar-refractivity contribution in [2.24, 2.45) is 4.99 Å². The first-order valence-electron chi connectivity index (χ1n) is 11.0. The molecule has 0 bridgehead atoms. The highest BCUT2D eigenvalue weighted by Gasteiger charge is 2.26. The van der Waals surface area contributed by atoms with Gasteiger partial charge in [0.2, 0.25) is 10.0 Å². The number of rotatable bonds is 9. The van der Waals surface area contributed by atoms with Gasteiger partial charge in [-0.15, -0.1) is 0 Å². The topological polar surface area (TPSA) is 72.1 Å². The summed E-state index contributed by atoms with van der Waals surface area (Å²) < 4.78 is 39.7. The van der Waals surface area contributed by atoms with Gasteiger partial charge in [0, 0.05) is 6.54 Å². The average Bonchev–Trinajstić information content (AvgIpc) is 3.32. The van der Waals surface area contributed by atoms with Crippen LogP contribution in [0.1, 0.15) is 22.6 Å². The van der Waals surface area contributed by atoms with Crippen molar-refractivity contribution in [3.63, 3.8) is 0 Å². The van der Waals surface area contributed by atoms with Crippen LogP contribution in [0.4, 0.5) is 5.69 Å². The Balaban J connectivity index is 1.61. The van der Waals surface area contributed by atoms with Crippen molar-refractivity contribution in [2.45, 2.75) is 24.9 Å². The second kappa shape index (κ2) is 11.3.